The Morgan fingerprint density at radius 3 is 2.76 bits per heavy atom. The molecule has 0 aliphatic carbocycles. The number of aryl methyl sites for hydroxylation is 1. The van der Waals surface area contributed by atoms with E-state index in [0.717, 1.165) is 17.9 Å². The molecule has 2 aromatic rings. The number of ether oxygens (including phenoxy) is 1. The molecule has 2 rings (SSSR count). The molecule has 0 saturated heterocycles. The quantitative estimate of drug-likeness (QED) is 0.882. The minimum Gasteiger partial charge on any atom is -0.497 e. The van der Waals surface area contributed by atoms with Crippen LogP contribution in [0.3, 0.4) is 0 Å². The summed E-state index contributed by atoms with van der Waals surface area (Å²) >= 11 is 0. The molecule has 1 aromatic carbocycles. The average Bonchev–Trinajstić information content (AvgIpc) is 2.84. The first-order chi connectivity index (χ1) is 10.0. The molecule has 2 unspecified atom stereocenters. The fourth-order valence-electron chi connectivity index (χ4n) is 2.72. The first-order valence-electron chi connectivity index (χ1n) is 7.08. The van der Waals surface area contributed by atoms with E-state index in [1.54, 1.807) is 7.11 Å². The Morgan fingerprint density at radius 2 is 2.19 bits per heavy atom. The van der Waals surface area contributed by atoms with Gasteiger partial charge in [0.15, 0.2) is 0 Å². The minimum absolute atomic E-state index is 0.0128. The molecule has 2 N–H and O–H groups in total. The zero-order valence-corrected chi connectivity index (χ0v) is 13.2. The highest BCUT2D eigenvalue weighted by Crippen LogP contribution is 2.26. The molecule has 21 heavy (non-hydrogen) atoms. The average molecular weight is 288 g/mol. The number of likely N-dealkylation sites (N-methyl/N-ethyl adjacent to an activating group) is 1. The van der Waals surface area contributed by atoms with Gasteiger partial charge < -0.3 is 10.5 Å². The third-order valence-electron chi connectivity index (χ3n) is 3.60. The molecule has 2 atom stereocenters. The van der Waals surface area contributed by atoms with E-state index >= 15 is 0 Å². The Labute approximate surface area is 126 Å². The highest BCUT2D eigenvalue weighted by atomic mass is 16.5. The fraction of sp³-hybridized carbons (Fsp3) is 0.438. The maximum absolute atomic E-state index is 6.22. The summed E-state index contributed by atoms with van der Waals surface area (Å²) in [5.74, 6) is 0.855. The van der Waals surface area contributed by atoms with Crippen LogP contribution in [0.25, 0.3) is 0 Å². The van der Waals surface area contributed by atoms with Crippen molar-refractivity contribution in [1.82, 2.24) is 14.7 Å². The second kappa shape index (κ2) is 6.74. The van der Waals surface area contributed by atoms with Crippen molar-refractivity contribution < 1.29 is 4.74 Å². The van der Waals surface area contributed by atoms with Crippen molar-refractivity contribution in [2.24, 2.45) is 12.8 Å². The largest absolute Gasteiger partial charge is 0.497 e. The lowest BCUT2D eigenvalue weighted by Gasteiger charge is -2.31. The molecule has 0 aliphatic heterocycles. The van der Waals surface area contributed by atoms with Gasteiger partial charge in [0.05, 0.1) is 13.3 Å². The molecule has 114 valence electrons. The Kier molecular flexibility index (Phi) is 4.98. The summed E-state index contributed by atoms with van der Waals surface area (Å²) < 4.78 is 7.13. The molecule has 0 amide bonds. The van der Waals surface area contributed by atoms with Crippen LogP contribution in [-0.4, -0.2) is 34.9 Å². The summed E-state index contributed by atoms with van der Waals surface area (Å²) in [4.78, 5) is 2.25. The second-order valence-electron chi connectivity index (χ2n) is 5.52. The lowest BCUT2D eigenvalue weighted by molar-refractivity contribution is 0.210. The molecular weight excluding hydrogens is 264 g/mol. The highest BCUT2D eigenvalue weighted by Gasteiger charge is 2.22. The number of rotatable bonds is 6. The van der Waals surface area contributed by atoms with Gasteiger partial charge in [-0.15, -0.1) is 0 Å². The van der Waals surface area contributed by atoms with Crippen LogP contribution in [-0.2, 0) is 13.6 Å². The number of aromatic nitrogens is 2. The van der Waals surface area contributed by atoms with Gasteiger partial charge in [-0.2, -0.15) is 5.10 Å². The van der Waals surface area contributed by atoms with Crippen LogP contribution in [0, 0.1) is 0 Å². The Bertz CT molecular complexity index is 579. The first-order valence-corrected chi connectivity index (χ1v) is 7.08. The van der Waals surface area contributed by atoms with Gasteiger partial charge in [0.25, 0.3) is 0 Å². The van der Waals surface area contributed by atoms with E-state index in [-0.39, 0.29) is 12.1 Å². The number of methoxy groups -OCH3 is 1. The van der Waals surface area contributed by atoms with Crippen molar-refractivity contribution in [1.29, 1.82) is 0 Å². The molecule has 1 aromatic heterocycles. The molecular formula is C16H24N4O. The maximum Gasteiger partial charge on any atom is 0.119 e. The summed E-state index contributed by atoms with van der Waals surface area (Å²) in [6.07, 6.45) is 3.92. The van der Waals surface area contributed by atoms with Crippen LogP contribution in [0.4, 0.5) is 0 Å². The van der Waals surface area contributed by atoms with E-state index in [2.05, 4.69) is 23.1 Å². The molecule has 5 heteroatoms. The van der Waals surface area contributed by atoms with Gasteiger partial charge in [-0.3, -0.25) is 9.58 Å². The van der Waals surface area contributed by atoms with Crippen LogP contribution in [0.2, 0.25) is 0 Å². The summed E-state index contributed by atoms with van der Waals surface area (Å²) in [5, 5.41) is 4.21. The van der Waals surface area contributed by atoms with E-state index < -0.39 is 0 Å². The smallest absolute Gasteiger partial charge is 0.119 e. The SMILES string of the molecule is COc1cccc(C(C(C)N)N(C)Cc2cnn(C)c2)c1. The highest BCUT2D eigenvalue weighted by molar-refractivity contribution is 5.31. The van der Waals surface area contributed by atoms with E-state index in [0.29, 0.717) is 0 Å². The predicted octanol–water partition coefficient (Wildman–Crippen LogP) is 1.95. The zero-order valence-electron chi connectivity index (χ0n) is 13.2. The monoisotopic (exact) mass is 288 g/mol. The molecule has 1 heterocycles. The maximum atomic E-state index is 6.22. The zero-order chi connectivity index (χ0) is 15.4. The third-order valence-corrected chi connectivity index (χ3v) is 3.60. The number of hydrogen-bond acceptors (Lipinski definition) is 4. The lowest BCUT2D eigenvalue weighted by atomic mass is 9.99. The van der Waals surface area contributed by atoms with Crippen molar-refractivity contribution in [2.75, 3.05) is 14.2 Å². The van der Waals surface area contributed by atoms with Gasteiger partial charge in [0, 0.05) is 37.4 Å². The summed E-state index contributed by atoms with van der Waals surface area (Å²) in [6.45, 7) is 2.83. The normalized spacial score (nSPS) is 14.2. The second-order valence-corrected chi connectivity index (χ2v) is 5.52. The summed E-state index contributed by atoms with van der Waals surface area (Å²) in [6, 6.07) is 8.23. The van der Waals surface area contributed by atoms with Crippen molar-refractivity contribution in [2.45, 2.75) is 25.6 Å². The van der Waals surface area contributed by atoms with Crippen molar-refractivity contribution >= 4 is 0 Å². The number of nitrogens with zero attached hydrogens (tertiary/aromatic N) is 3. The fourth-order valence-corrected chi connectivity index (χ4v) is 2.72. The third kappa shape index (κ3) is 3.83. The molecule has 5 nitrogen and oxygen atoms in total. The number of benzene rings is 1. The molecule has 0 aliphatic rings. The molecule has 0 saturated carbocycles. The Morgan fingerprint density at radius 1 is 1.43 bits per heavy atom. The summed E-state index contributed by atoms with van der Waals surface area (Å²) in [5.41, 5.74) is 8.55. The van der Waals surface area contributed by atoms with Crippen LogP contribution in [0.5, 0.6) is 5.75 Å². The van der Waals surface area contributed by atoms with Gasteiger partial charge in [-0.1, -0.05) is 12.1 Å². The van der Waals surface area contributed by atoms with Gasteiger partial charge in [0.1, 0.15) is 5.75 Å². The standard InChI is InChI=1S/C16H24N4O/c1-12(17)16(14-6-5-7-15(8-14)21-4)19(2)10-13-9-18-20(3)11-13/h5-9,11-12,16H,10,17H2,1-4H3. The van der Waals surface area contributed by atoms with Gasteiger partial charge >= 0.3 is 0 Å². The van der Waals surface area contributed by atoms with E-state index in [1.807, 2.05) is 49.2 Å². The predicted molar refractivity (Wildman–Crippen MR) is 84.1 cm³/mol. The van der Waals surface area contributed by atoms with Crippen LogP contribution < -0.4 is 10.5 Å². The Hall–Kier alpha value is -1.85. The van der Waals surface area contributed by atoms with Crippen LogP contribution in [0.1, 0.15) is 24.1 Å². The van der Waals surface area contributed by atoms with Crippen molar-refractivity contribution in [3.8, 4) is 5.75 Å². The van der Waals surface area contributed by atoms with E-state index in [9.17, 15) is 0 Å². The van der Waals surface area contributed by atoms with Gasteiger partial charge in [0.2, 0.25) is 0 Å². The van der Waals surface area contributed by atoms with Crippen molar-refractivity contribution in [3.05, 3.63) is 47.8 Å². The Balaban J connectivity index is 2.21. The number of nitrogens with two attached hydrogens (primary N) is 1. The van der Waals surface area contributed by atoms with Crippen LogP contribution >= 0.6 is 0 Å². The van der Waals surface area contributed by atoms with Gasteiger partial charge in [-0.25, -0.2) is 0 Å². The van der Waals surface area contributed by atoms with Crippen molar-refractivity contribution in [3.63, 3.8) is 0 Å². The van der Waals surface area contributed by atoms with E-state index in [4.69, 9.17) is 10.5 Å². The topological polar surface area (TPSA) is 56.3 Å². The first kappa shape index (κ1) is 15.5. The number of hydrogen-bond donors (Lipinski definition) is 1. The summed E-state index contributed by atoms with van der Waals surface area (Å²) in [7, 11) is 5.69. The van der Waals surface area contributed by atoms with Gasteiger partial charge in [-0.05, 0) is 31.7 Å². The molecule has 0 spiro atoms. The minimum atomic E-state index is 0.0128. The van der Waals surface area contributed by atoms with Crippen LogP contribution in [0.15, 0.2) is 36.7 Å². The lowest BCUT2D eigenvalue weighted by Crippen LogP contribution is -2.36. The molecule has 0 radical (unpaired) electrons. The molecule has 0 fully saturated rings. The molecule has 0 bridgehead atoms. The van der Waals surface area contributed by atoms with E-state index in [1.165, 1.54) is 5.56 Å².